The summed E-state index contributed by atoms with van der Waals surface area (Å²) in [5.74, 6) is 0.290. The largest absolute Gasteiger partial charge is 0.508 e. The predicted octanol–water partition coefficient (Wildman–Crippen LogP) is 4.84. The van der Waals surface area contributed by atoms with Gasteiger partial charge in [0, 0.05) is 11.2 Å². The van der Waals surface area contributed by atoms with Crippen LogP contribution in [0.3, 0.4) is 0 Å². The highest BCUT2D eigenvalue weighted by molar-refractivity contribution is 7.92. The molecule has 3 aromatic rings. The number of aromatic hydroxyl groups is 1. The van der Waals surface area contributed by atoms with Gasteiger partial charge in [0.1, 0.15) is 16.4 Å². The van der Waals surface area contributed by atoms with E-state index in [4.69, 9.17) is 4.74 Å². The van der Waals surface area contributed by atoms with Gasteiger partial charge in [0.15, 0.2) is 5.13 Å². The number of hydrogen-bond acceptors (Lipinski definition) is 7. The smallest absolute Gasteiger partial charge is 0.265 e. The number of phenols is 1. The van der Waals surface area contributed by atoms with Gasteiger partial charge in [0.05, 0.1) is 17.7 Å². The molecule has 0 saturated heterocycles. The zero-order chi connectivity index (χ0) is 22.1. The summed E-state index contributed by atoms with van der Waals surface area (Å²) < 4.78 is 33.9. The summed E-state index contributed by atoms with van der Waals surface area (Å²) in [7, 11) is -2.49. The van der Waals surface area contributed by atoms with E-state index in [0.717, 1.165) is 21.3 Å². The zero-order valence-corrected chi connectivity index (χ0v) is 19.1. The molecule has 0 aliphatic heterocycles. The predicted molar refractivity (Wildman–Crippen MR) is 121 cm³/mol. The van der Waals surface area contributed by atoms with Gasteiger partial charge in [-0.15, -0.1) is 0 Å². The topological polar surface area (TPSA) is 101 Å². The maximum Gasteiger partial charge on any atom is 0.265 e. The molecule has 0 bridgehead atoms. The van der Waals surface area contributed by atoms with Crippen molar-refractivity contribution in [3.05, 3.63) is 48.2 Å². The molecule has 0 atom stereocenters. The highest BCUT2D eigenvalue weighted by Gasteiger charge is 2.22. The first-order chi connectivity index (χ1) is 14.0. The van der Waals surface area contributed by atoms with Crippen LogP contribution >= 0.6 is 11.3 Å². The molecule has 1 aromatic heterocycles. The lowest BCUT2D eigenvalue weighted by atomic mass is 10.1. The number of benzene rings is 2. The highest BCUT2D eigenvalue weighted by atomic mass is 32.2. The Morgan fingerprint density at radius 1 is 1.10 bits per heavy atom. The molecule has 0 amide bonds. The highest BCUT2D eigenvalue weighted by Crippen LogP contribution is 2.37. The Balaban J connectivity index is 2.01. The number of phenolic OH excluding ortho intramolecular Hbond substituents is 1. The number of nitrogens with zero attached hydrogens (tertiary/aromatic N) is 1. The lowest BCUT2D eigenvalue weighted by molar-refractivity contribution is 0.403. The molecule has 3 N–H and O–H groups in total. The van der Waals surface area contributed by atoms with Crippen molar-refractivity contribution in [2.24, 2.45) is 0 Å². The molecule has 160 valence electrons. The van der Waals surface area contributed by atoms with Crippen molar-refractivity contribution in [1.82, 2.24) is 4.98 Å². The van der Waals surface area contributed by atoms with Crippen LogP contribution in [0.2, 0.25) is 0 Å². The van der Waals surface area contributed by atoms with Crippen molar-refractivity contribution in [2.45, 2.75) is 38.1 Å². The van der Waals surface area contributed by atoms with Gasteiger partial charge in [-0.05, 0) is 75.7 Å². The molecule has 0 spiro atoms. The Kier molecular flexibility index (Phi) is 5.96. The molecule has 9 heteroatoms. The maximum atomic E-state index is 13.0. The standard InChI is InChI=1S/C21H25N3O4S2/c1-13-19(29-20(22-13)23-21(2,3)4)14-6-11-17(28-5)18(12-14)30(26,27)24-15-7-9-16(25)10-8-15/h6-12,24-25H,1-5H3,(H,22,23). The number of sulfonamides is 1. The van der Waals surface area contributed by atoms with Crippen LogP contribution in [0.1, 0.15) is 26.5 Å². The van der Waals surface area contributed by atoms with Gasteiger partial charge in [-0.1, -0.05) is 11.3 Å². The second kappa shape index (κ2) is 8.16. The Morgan fingerprint density at radius 2 is 1.77 bits per heavy atom. The fraction of sp³-hybridized carbons (Fsp3) is 0.286. The first-order valence-electron chi connectivity index (χ1n) is 9.24. The summed E-state index contributed by atoms with van der Waals surface area (Å²) >= 11 is 1.47. The molecular formula is C21H25N3O4S2. The number of aromatic nitrogens is 1. The van der Waals surface area contributed by atoms with Crippen molar-refractivity contribution in [3.8, 4) is 21.9 Å². The summed E-state index contributed by atoms with van der Waals surface area (Å²) in [6.07, 6.45) is 0. The van der Waals surface area contributed by atoms with Gasteiger partial charge in [0.2, 0.25) is 0 Å². The second-order valence-electron chi connectivity index (χ2n) is 7.83. The SMILES string of the molecule is COc1ccc(-c2sc(NC(C)(C)C)nc2C)cc1S(=O)(=O)Nc1ccc(O)cc1. The quantitative estimate of drug-likeness (QED) is 0.467. The monoisotopic (exact) mass is 447 g/mol. The third kappa shape index (κ3) is 5.03. The number of ether oxygens (including phenoxy) is 1. The van der Waals surface area contributed by atoms with E-state index in [0.29, 0.717) is 5.69 Å². The van der Waals surface area contributed by atoms with Gasteiger partial charge in [-0.2, -0.15) is 0 Å². The minimum Gasteiger partial charge on any atom is -0.508 e. The summed E-state index contributed by atoms with van der Waals surface area (Å²) in [6, 6.07) is 10.8. The van der Waals surface area contributed by atoms with Crippen LogP contribution in [0.5, 0.6) is 11.5 Å². The van der Waals surface area contributed by atoms with Crippen molar-refractivity contribution >= 4 is 32.2 Å². The van der Waals surface area contributed by atoms with Crippen molar-refractivity contribution in [3.63, 3.8) is 0 Å². The van der Waals surface area contributed by atoms with E-state index < -0.39 is 10.0 Å². The maximum absolute atomic E-state index is 13.0. The first-order valence-corrected chi connectivity index (χ1v) is 11.5. The van der Waals surface area contributed by atoms with Crippen LogP contribution in [-0.2, 0) is 10.0 Å². The van der Waals surface area contributed by atoms with E-state index in [1.807, 2.05) is 13.0 Å². The number of rotatable bonds is 6. The van der Waals surface area contributed by atoms with E-state index in [9.17, 15) is 13.5 Å². The van der Waals surface area contributed by atoms with Gasteiger partial charge in [-0.25, -0.2) is 13.4 Å². The minimum atomic E-state index is -3.92. The third-order valence-corrected chi connectivity index (χ3v) is 6.64. The fourth-order valence-corrected chi connectivity index (χ4v) is 5.23. The Morgan fingerprint density at radius 3 is 2.37 bits per heavy atom. The van der Waals surface area contributed by atoms with Crippen LogP contribution in [-0.4, -0.2) is 31.2 Å². The van der Waals surface area contributed by atoms with Crippen LogP contribution in [0.25, 0.3) is 10.4 Å². The Labute approximate surface area is 180 Å². The molecular weight excluding hydrogens is 422 g/mol. The Hall–Kier alpha value is -2.78. The lowest BCUT2D eigenvalue weighted by Crippen LogP contribution is -2.25. The second-order valence-corrected chi connectivity index (χ2v) is 10.5. The van der Waals surface area contributed by atoms with E-state index in [2.05, 4.69) is 35.8 Å². The number of methoxy groups -OCH3 is 1. The molecule has 0 radical (unpaired) electrons. The third-order valence-electron chi connectivity index (χ3n) is 4.11. The first kappa shape index (κ1) is 21.9. The molecule has 0 aliphatic carbocycles. The summed E-state index contributed by atoms with van der Waals surface area (Å²) in [4.78, 5) is 5.47. The summed E-state index contributed by atoms with van der Waals surface area (Å²) in [5, 5.41) is 13.5. The average Bonchev–Trinajstić information content (AvgIpc) is 3.01. The normalized spacial score (nSPS) is 11.9. The van der Waals surface area contributed by atoms with Gasteiger partial charge in [-0.3, -0.25) is 4.72 Å². The van der Waals surface area contributed by atoms with E-state index in [1.54, 1.807) is 12.1 Å². The summed E-state index contributed by atoms with van der Waals surface area (Å²) in [6.45, 7) is 8.05. The van der Waals surface area contributed by atoms with E-state index >= 15 is 0 Å². The van der Waals surface area contributed by atoms with Crippen LogP contribution in [0.15, 0.2) is 47.4 Å². The van der Waals surface area contributed by atoms with Gasteiger partial charge in [0.25, 0.3) is 10.0 Å². The zero-order valence-electron chi connectivity index (χ0n) is 17.5. The lowest BCUT2D eigenvalue weighted by Gasteiger charge is -2.19. The summed E-state index contributed by atoms with van der Waals surface area (Å²) in [5.41, 5.74) is 1.75. The molecule has 3 rings (SSSR count). The number of aryl methyl sites for hydroxylation is 1. The fourth-order valence-electron chi connectivity index (χ4n) is 2.81. The Bertz CT molecular complexity index is 1150. The molecule has 2 aromatic carbocycles. The van der Waals surface area contributed by atoms with E-state index in [1.165, 1.54) is 42.7 Å². The number of hydrogen-bond donors (Lipinski definition) is 3. The molecule has 30 heavy (non-hydrogen) atoms. The van der Waals surface area contributed by atoms with E-state index in [-0.39, 0.29) is 21.9 Å². The van der Waals surface area contributed by atoms with Crippen LogP contribution in [0, 0.1) is 6.92 Å². The number of nitrogens with one attached hydrogen (secondary N) is 2. The molecule has 0 aliphatic rings. The number of anilines is 2. The van der Waals surface area contributed by atoms with Crippen LogP contribution in [0.4, 0.5) is 10.8 Å². The molecule has 0 unspecified atom stereocenters. The molecule has 1 heterocycles. The van der Waals surface area contributed by atoms with Crippen molar-refractivity contribution in [2.75, 3.05) is 17.1 Å². The average molecular weight is 448 g/mol. The minimum absolute atomic E-state index is 0.0219. The van der Waals surface area contributed by atoms with Crippen LogP contribution < -0.4 is 14.8 Å². The van der Waals surface area contributed by atoms with Gasteiger partial charge < -0.3 is 15.2 Å². The van der Waals surface area contributed by atoms with Crippen molar-refractivity contribution < 1.29 is 18.3 Å². The number of thiazole rings is 1. The van der Waals surface area contributed by atoms with Crippen molar-refractivity contribution in [1.29, 1.82) is 0 Å². The van der Waals surface area contributed by atoms with Gasteiger partial charge >= 0.3 is 0 Å². The molecule has 0 saturated carbocycles. The molecule has 0 fully saturated rings. The molecule has 7 nitrogen and oxygen atoms in total.